The van der Waals surface area contributed by atoms with Gasteiger partial charge < -0.3 is 19.1 Å². The maximum atomic E-state index is 13.3. The average molecular weight is 560 g/mol. The van der Waals surface area contributed by atoms with E-state index in [2.05, 4.69) is 10.1 Å². The third kappa shape index (κ3) is 6.18. The van der Waals surface area contributed by atoms with Crippen LogP contribution in [0.2, 0.25) is 0 Å². The van der Waals surface area contributed by atoms with Gasteiger partial charge in [-0.3, -0.25) is 9.59 Å². The van der Waals surface area contributed by atoms with Crippen molar-refractivity contribution in [3.63, 3.8) is 0 Å². The summed E-state index contributed by atoms with van der Waals surface area (Å²) in [4.78, 5) is 32.1. The highest BCUT2D eigenvalue weighted by molar-refractivity contribution is 5.82. The monoisotopic (exact) mass is 560 g/mol. The number of nitrogens with zero attached hydrogens (tertiary/aromatic N) is 5. The summed E-state index contributed by atoms with van der Waals surface area (Å²) in [6.45, 7) is 4.78. The van der Waals surface area contributed by atoms with Crippen LogP contribution >= 0.6 is 0 Å². The molecule has 9 nitrogen and oxygen atoms in total. The highest BCUT2D eigenvalue weighted by atomic mass is 19.4. The zero-order valence-corrected chi connectivity index (χ0v) is 21.1. The number of ether oxygens (including phenoxy) is 1. The molecule has 0 radical (unpaired) electrons. The molecule has 1 saturated heterocycles. The third-order valence-electron chi connectivity index (χ3n) is 6.55. The number of aromatic amines is 1. The Bertz CT molecular complexity index is 1380. The van der Waals surface area contributed by atoms with Crippen molar-refractivity contribution in [3.05, 3.63) is 52.2 Å². The number of piperazine rings is 1. The van der Waals surface area contributed by atoms with Gasteiger partial charge in [0.2, 0.25) is 5.91 Å². The molecule has 1 aliphatic rings. The Balaban J connectivity index is 1.29. The Hall–Kier alpha value is -3.62. The van der Waals surface area contributed by atoms with Crippen molar-refractivity contribution in [3.8, 4) is 0 Å². The van der Waals surface area contributed by atoms with Crippen LogP contribution in [0.4, 0.5) is 32.2 Å². The molecule has 0 aliphatic carbocycles. The van der Waals surface area contributed by atoms with Gasteiger partial charge in [0.1, 0.15) is 5.82 Å². The van der Waals surface area contributed by atoms with Gasteiger partial charge in [-0.25, -0.2) is 10.1 Å². The van der Waals surface area contributed by atoms with Gasteiger partial charge in [0, 0.05) is 38.6 Å². The minimum atomic E-state index is -4.72. The molecule has 0 spiro atoms. The predicted molar refractivity (Wildman–Crippen MR) is 128 cm³/mol. The number of H-pyrrole nitrogens is 1. The molecular weight excluding hydrogens is 534 g/mol. The van der Waals surface area contributed by atoms with Crippen LogP contribution in [-0.4, -0.2) is 68.9 Å². The van der Waals surface area contributed by atoms with E-state index in [1.165, 1.54) is 10.6 Å². The first-order valence-electron chi connectivity index (χ1n) is 12.0. The Labute approximate surface area is 218 Å². The van der Waals surface area contributed by atoms with Crippen LogP contribution in [0, 0.1) is 0 Å². The number of aromatic nitrogens is 4. The fourth-order valence-electron chi connectivity index (χ4n) is 4.65. The molecule has 0 saturated carbocycles. The molecule has 3 aromatic rings. The Morgan fingerprint density at radius 3 is 2.44 bits per heavy atom. The number of pyridine rings is 1. The lowest BCUT2D eigenvalue weighted by Crippen LogP contribution is -2.61. The number of nitrogens with one attached hydrogen (secondary N) is 1. The quantitative estimate of drug-likeness (QED) is 0.350. The minimum absolute atomic E-state index is 0.0000174. The standard InChI is InChI=1S/C24H26F6N6O3/c1-22(2)14-35(6-7-36(22)18-4-3-15(11-31-18)23(25,26)27)19(37)5-9-39-10-8-34-13-16(24(28,29)30)20-17(34)12-32-33-21(20)38/h3-4,11-13H,5-10,14H2,1-2H3,(H,33,38). The fourth-order valence-corrected chi connectivity index (χ4v) is 4.65. The number of anilines is 1. The lowest BCUT2D eigenvalue weighted by molar-refractivity contribution is -0.138. The summed E-state index contributed by atoms with van der Waals surface area (Å²) in [6.07, 6.45) is -6.40. The highest BCUT2D eigenvalue weighted by Gasteiger charge is 2.38. The van der Waals surface area contributed by atoms with Crippen molar-refractivity contribution in [2.75, 3.05) is 37.7 Å². The zero-order chi connectivity index (χ0) is 28.6. The average Bonchev–Trinajstić information content (AvgIpc) is 3.23. The van der Waals surface area contributed by atoms with Crippen LogP contribution in [0.15, 0.2) is 35.5 Å². The minimum Gasteiger partial charge on any atom is -0.379 e. The van der Waals surface area contributed by atoms with Gasteiger partial charge in [-0.05, 0) is 26.0 Å². The van der Waals surface area contributed by atoms with Crippen molar-refractivity contribution in [1.82, 2.24) is 24.6 Å². The number of carbonyl (C=O) groups is 1. The number of alkyl halides is 6. The zero-order valence-electron chi connectivity index (χ0n) is 21.1. The molecule has 0 bridgehead atoms. The molecule has 0 aromatic carbocycles. The van der Waals surface area contributed by atoms with E-state index in [0.717, 1.165) is 24.7 Å². The number of halogens is 6. The lowest BCUT2D eigenvalue weighted by atomic mass is 9.98. The second kappa shape index (κ2) is 10.5. The summed E-state index contributed by atoms with van der Waals surface area (Å²) < 4.78 is 85.3. The summed E-state index contributed by atoms with van der Waals surface area (Å²) in [7, 11) is 0. The van der Waals surface area contributed by atoms with Gasteiger partial charge in [0.25, 0.3) is 5.56 Å². The number of hydrogen-bond donors (Lipinski definition) is 1. The van der Waals surface area contributed by atoms with E-state index in [-0.39, 0.29) is 37.6 Å². The number of amides is 1. The smallest absolute Gasteiger partial charge is 0.379 e. The molecule has 1 amide bonds. The van der Waals surface area contributed by atoms with Crippen molar-refractivity contribution in [2.45, 2.75) is 44.7 Å². The molecule has 212 valence electrons. The van der Waals surface area contributed by atoms with E-state index >= 15 is 0 Å². The maximum Gasteiger partial charge on any atom is 0.418 e. The van der Waals surface area contributed by atoms with Gasteiger partial charge >= 0.3 is 12.4 Å². The van der Waals surface area contributed by atoms with Crippen LogP contribution in [-0.2, 0) is 28.4 Å². The second-order valence-corrected chi connectivity index (χ2v) is 9.74. The predicted octanol–water partition coefficient (Wildman–Crippen LogP) is 3.69. The van der Waals surface area contributed by atoms with Crippen LogP contribution in [0.3, 0.4) is 0 Å². The first kappa shape index (κ1) is 28.4. The summed E-state index contributed by atoms with van der Waals surface area (Å²) in [5, 5.41) is 5.08. The van der Waals surface area contributed by atoms with E-state index in [4.69, 9.17) is 4.74 Å². The maximum absolute atomic E-state index is 13.3. The van der Waals surface area contributed by atoms with E-state index < -0.39 is 40.0 Å². The van der Waals surface area contributed by atoms with Crippen LogP contribution in [0.1, 0.15) is 31.4 Å². The Morgan fingerprint density at radius 1 is 1.08 bits per heavy atom. The molecule has 39 heavy (non-hydrogen) atoms. The topological polar surface area (TPSA) is 96.3 Å². The van der Waals surface area contributed by atoms with E-state index in [9.17, 15) is 35.9 Å². The molecular formula is C24H26F6N6O3. The molecule has 1 N–H and O–H groups in total. The molecule has 15 heteroatoms. The van der Waals surface area contributed by atoms with Gasteiger partial charge in [-0.1, -0.05) is 0 Å². The molecule has 4 heterocycles. The van der Waals surface area contributed by atoms with Crippen molar-refractivity contribution >= 4 is 22.6 Å². The first-order valence-corrected chi connectivity index (χ1v) is 12.0. The highest BCUT2D eigenvalue weighted by Crippen LogP contribution is 2.34. The van der Waals surface area contributed by atoms with E-state index in [0.29, 0.717) is 25.5 Å². The van der Waals surface area contributed by atoms with Crippen LogP contribution in [0.25, 0.3) is 10.9 Å². The normalized spacial score (nSPS) is 16.2. The molecule has 4 rings (SSSR count). The SMILES string of the molecule is CC1(C)CN(C(=O)CCOCCn2cc(C(F)(F)F)c3c(=O)[nH]ncc32)CCN1c1ccc(C(F)(F)F)cn1. The van der Waals surface area contributed by atoms with Gasteiger partial charge in [-0.2, -0.15) is 31.4 Å². The molecule has 1 fully saturated rings. The first-order chi connectivity index (χ1) is 18.2. The molecule has 1 aliphatic heterocycles. The number of rotatable bonds is 7. The molecule has 0 atom stereocenters. The molecule has 0 unspecified atom stereocenters. The fraction of sp³-hybridized carbons (Fsp3) is 0.500. The Morgan fingerprint density at radius 2 is 1.82 bits per heavy atom. The lowest BCUT2D eigenvalue weighted by Gasteiger charge is -2.47. The van der Waals surface area contributed by atoms with Crippen molar-refractivity contribution in [1.29, 1.82) is 0 Å². The molecule has 3 aromatic heterocycles. The largest absolute Gasteiger partial charge is 0.418 e. The number of hydrogen-bond acceptors (Lipinski definition) is 6. The third-order valence-corrected chi connectivity index (χ3v) is 6.55. The number of fused-ring (bicyclic) bond motifs is 1. The summed E-state index contributed by atoms with van der Waals surface area (Å²) in [5.74, 6) is 0.191. The van der Waals surface area contributed by atoms with Crippen molar-refractivity contribution in [2.24, 2.45) is 0 Å². The van der Waals surface area contributed by atoms with E-state index in [1.54, 1.807) is 4.90 Å². The van der Waals surface area contributed by atoms with Gasteiger partial charge in [-0.15, -0.1) is 0 Å². The van der Waals surface area contributed by atoms with Crippen molar-refractivity contribution < 1.29 is 35.9 Å². The summed E-state index contributed by atoms with van der Waals surface area (Å²) in [5.41, 5.74) is -3.42. The number of carbonyl (C=O) groups excluding carboxylic acids is 1. The van der Waals surface area contributed by atoms with Crippen LogP contribution < -0.4 is 10.5 Å². The van der Waals surface area contributed by atoms with Gasteiger partial charge in [0.15, 0.2) is 0 Å². The van der Waals surface area contributed by atoms with Gasteiger partial charge in [0.05, 0.1) is 53.4 Å². The Kier molecular flexibility index (Phi) is 7.65. The van der Waals surface area contributed by atoms with E-state index in [1.807, 2.05) is 23.8 Å². The summed E-state index contributed by atoms with van der Waals surface area (Å²) in [6, 6.07) is 2.29. The summed E-state index contributed by atoms with van der Waals surface area (Å²) >= 11 is 0. The van der Waals surface area contributed by atoms with Crippen LogP contribution in [0.5, 0.6) is 0 Å². The second-order valence-electron chi connectivity index (χ2n) is 9.74.